The maximum Gasteiger partial charge on any atom is 0.215 e. The molecule has 2 aromatic rings. The lowest BCUT2D eigenvalue weighted by Crippen LogP contribution is -2.31. The second-order valence-electron chi connectivity index (χ2n) is 7.28. The summed E-state index contributed by atoms with van der Waals surface area (Å²) in [6, 6.07) is 9.49. The van der Waals surface area contributed by atoms with Gasteiger partial charge in [0.25, 0.3) is 0 Å². The highest BCUT2D eigenvalue weighted by Crippen LogP contribution is 2.20. The Morgan fingerprint density at radius 2 is 1.82 bits per heavy atom. The van der Waals surface area contributed by atoms with E-state index in [4.69, 9.17) is 0 Å². The number of sulfonamides is 1. The van der Waals surface area contributed by atoms with E-state index in [0.717, 1.165) is 35.9 Å². The number of rotatable bonds is 8. The molecule has 8 heteroatoms. The van der Waals surface area contributed by atoms with Crippen LogP contribution >= 0.6 is 0 Å². The fourth-order valence-electron chi connectivity index (χ4n) is 3.40. The molecule has 1 aromatic carbocycles. The van der Waals surface area contributed by atoms with Gasteiger partial charge in [0.2, 0.25) is 10.0 Å². The summed E-state index contributed by atoms with van der Waals surface area (Å²) in [6.07, 6.45) is 3.65. The maximum atomic E-state index is 12.3. The Morgan fingerprint density at radius 3 is 2.57 bits per heavy atom. The average molecular weight is 404 g/mol. The van der Waals surface area contributed by atoms with Gasteiger partial charge in [0.1, 0.15) is 17.5 Å². The largest absolute Gasteiger partial charge is 0.369 e. The number of hydrogen-bond acceptors (Lipinski definition) is 6. The van der Waals surface area contributed by atoms with Crippen molar-refractivity contribution in [3.8, 4) is 0 Å². The smallest absolute Gasteiger partial charge is 0.215 e. The highest BCUT2D eigenvalue weighted by molar-refractivity contribution is 7.88. The summed E-state index contributed by atoms with van der Waals surface area (Å²) in [5.41, 5.74) is 1.84. The first-order valence-electron chi connectivity index (χ1n) is 9.79. The highest BCUT2D eigenvalue weighted by atomic mass is 32.2. The van der Waals surface area contributed by atoms with E-state index in [0.29, 0.717) is 18.9 Å². The molecule has 0 saturated carbocycles. The molecule has 7 nitrogen and oxygen atoms in total. The molecule has 0 unspecified atom stereocenters. The molecule has 1 fully saturated rings. The minimum Gasteiger partial charge on any atom is -0.369 e. The molecule has 1 saturated heterocycles. The summed E-state index contributed by atoms with van der Waals surface area (Å²) in [5.74, 6) is 2.37. The number of anilines is 2. The Bertz CT molecular complexity index is 895. The van der Waals surface area contributed by atoms with E-state index in [1.165, 1.54) is 19.3 Å². The van der Waals surface area contributed by atoms with Crippen molar-refractivity contribution in [1.29, 1.82) is 0 Å². The summed E-state index contributed by atoms with van der Waals surface area (Å²) in [5, 5.41) is 3.21. The van der Waals surface area contributed by atoms with Gasteiger partial charge in [0.05, 0.1) is 5.75 Å². The Hall–Kier alpha value is -2.19. The lowest BCUT2D eigenvalue weighted by molar-refractivity contribution is 0.572. The zero-order valence-electron chi connectivity index (χ0n) is 16.6. The molecular formula is C20H29N5O2S. The molecule has 0 radical (unpaired) electrons. The summed E-state index contributed by atoms with van der Waals surface area (Å²) in [4.78, 5) is 11.2. The van der Waals surface area contributed by atoms with E-state index in [1.807, 2.05) is 44.2 Å². The topological polar surface area (TPSA) is 87.2 Å². The van der Waals surface area contributed by atoms with Crippen molar-refractivity contribution in [1.82, 2.24) is 14.7 Å². The normalized spacial score (nSPS) is 14.9. The highest BCUT2D eigenvalue weighted by Gasteiger charge is 2.14. The minimum atomic E-state index is -3.37. The second-order valence-corrected chi connectivity index (χ2v) is 9.08. The molecule has 152 valence electrons. The average Bonchev–Trinajstić information content (AvgIpc) is 2.65. The predicted octanol–water partition coefficient (Wildman–Crippen LogP) is 2.62. The van der Waals surface area contributed by atoms with Crippen LogP contribution in [0.25, 0.3) is 0 Å². The SMILES string of the molecule is Cc1cccc(CS(=O)(=O)NCCNc2cc(N3CCCCC3)nc(C)n2)c1. The van der Waals surface area contributed by atoms with Gasteiger partial charge < -0.3 is 10.2 Å². The molecule has 2 heterocycles. The molecule has 0 aliphatic carbocycles. The number of benzene rings is 1. The second kappa shape index (κ2) is 9.34. The van der Waals surface area contributed by atoms with Crippen LogP contribution in [0.1, 0.15) is 36.2 Å². The maximum absolute atomic E-state index is 12.3. The number of aromatic nitrogens is 2. The van der Waals surface area contributed by atoms with Crippen LogP contribution in [-0.4, -0.2) is 44.6 Å². The van der Waals surface area contributed by atoms with Gasteiger partial charge in [-0.3, -0.25) is 0 Å². The molecule has 0 atom stereocenters. The summed E-state index contributed by atoms with van der Waals surface area (Å²) in [7, 11) is -3.37. The van der Waals surface area contributed by atoms with Crippen LogP contribution in [0.3, 0.4) is 0 Å². The van der Waals surface area contributed by atoms with E-state index in [1.54, 1.807) is 0 Å². The van der Waals surface area contributed by atoms with Gasteiger partial charge in [-0.25, -0.2) is 23.1 Å². The standard InChI is InChI=1S/C20H29N5O2S/c1-16-7-6-8-18(13-16)15-28(26,27)22-10-9-21-19-14-20(24-17(2)23-19)25-11-4-3-5-12-25/h6-8,13-14,22H,3-5,9-12,15H2,1-2H3,(H,21,23,24). The first-order chi connectivity index (χ1) is 13.4. The van der Waals surface area contributed by atoms with E-state index in [2.05, 4.69) is 24.9 Å². The van der Waals surface area contributed by atoms with E-state index < -0.39 is 10.0 Å². The lowest BCUT2D eigenvalue weighted by Gasteiger charge is -2.28. The first-order valence-corrected chi connectivity index (χ1v) is 11.4. The Balaban J connectivity index is 1.51. The van der Waals surface area contributed by atoms with Crippen LogP contribution in [0, 0.1) is 13.8 Å². The quantitative estimate of drug-likeness (QED) is 0.659. The van der Waals surface area contributed by atoms with Gasteiger partial charge in [-0.1, -0.05) is 29.8 Å². The Labute approximate surface area is 167 Å². The van der Waals surface area contributed by atoms with Crippen LogP contribution in [-0.2, 0) is 15.8 Å². The number of nitrogens with zero attached hydrogens (tertiary/aromatic N) is 3. The third-order valence-corrected chi connectivity index (χ3v) is 6.05. The van der Waals surface area contributed by atoms with Crippen LogP contribution in [0.15, 0.2) is 30.3 Å². The first kappa shape index (κ1) is 20.5. The molecular weight excluding hydrogens is 374 g/mol. The van der Waals surface area contributed by atoms with Crippen LogP contribution < -0.4 is 14.9 Å². The molecule has 3 rings (SSSR count). The van der Waals surface area contributed by atoms with Gasteiger partial charge in [-0.05, 0) is 38.7 Å². The van der Waals surface area contributed by atoms with Crippen molar-refractivity contribution in [3.63, 3.8) is 0 Å². The zero-order chi connectivity index (χ0) is 20.0. The molecule has 1 aliphatic rings. The van der Waals surface area contributed by atoms with Crippen molar-refractivity contribution in [2.75, 3.05) is 36.4 Å². The van der Waals surface area contributed by atoms with Gasteiger partial charge in [-0.15, -0.1) is 0 Å². The van der Waals surface area contributed by atoms with Crippen molar-refractivity contribution in [3.05, 3.63) is 47.3 Å². The van der Waals surface area contributed by atoms with Gasteiger partial charge >= 0.3 is 0 Å². The van der Waals surface area contributed by atoms with E-state index >= 15 is 0 Å². The fourth-order valence-corrected chi connectivity index (χ4v) is 4.53. The monoisotopic (exact) mass is 403 g/mol. The Kier molecular flexibility index (Phi) is 6.85. The van der Waals surface area contributed by atoms with E-state index in [9.17, 15) is 8.42 Å². The van der Waals surface area contributed by atoms with Crippen molar-refractivity contribution in [2.45, 2.75) is 38.9 Å². The van der Waals surface area contributed by atoms with E-state index in [-0.39, 0.29) is 5.75 Å². The summed E-state index contributed by atoms with van der Waals surface area (Å²) in [6.45, 7) is 6.64. The predicted molar refractivity (Wildman–Crippen MR) is 113 cm³/mol. The molecule has 0 spiro atoms. The molecule has 0 bridgehead atoms. The van der Waals surface area contributed by atoms with Crippen molar-refractivity contribution in [2.24, 2.45) is 0 Å². The minimum absolute atomic E-state index is 0.0135. The number of nitrogens with one attached hydrogen (secondary N) is 2. The van der Waals surface area contributed by atoms with Crippen molar-refractivity contribution < 1.29 is 8.42 Å². The fraction of sp³-hybridized carbons (Fsp3) is 0.500. The number of piperidine rings is 1. The third kappa shape index (κ3) is 6.17. The van der Waals surface area contributed by atoms with Crippen molar-refractivity contribution >= 4 is 21.7 Å². The summed E-state index contributed by atoms with van der Waals surface area (Å²) < 4.78 is 27.2. The number of hydrogen-bond donors (Lipinski definition) is 2. The van der Waals surface area contributed by atoms with Gasteiger partial charge in [0.15, 0.2) is 0 Å². The molecule has 0 amide bonds. The lowest BCUT2D eigenvalue weighted by atomic mass is 10.1. The third-order valence-electron chi connectivity index (χ3n) is 4.70. The van der Waals surface area contributed by atoms with Crippen LogP contribution in [0.2, 0.25) is 0 Å². The molecule has 1 aromatic heterocycles. The van der Waals surface area contributed by atoms with Gasteiger partial charge in [0, 0.05) is 32.2 Å². The summed E-state index contributed by atoms with van der Waals surface area (Å²) >= 11 is 0. The number of aryl methyl sites for hydroxylation is 2. The van der Waals surface area contributed by atoms with Crippen LogP contribution in [0.4, 0.5) is 11.6 Å². The van der Waals surface area contributed by atoms with Crippen LogP contribution in [0.5, 0.6) is 0 Å². The molecule has 1 aliphatic heterocycles. The van der Waals surface area contributed by atoms with Gasteiger partial charge in [-0.2, -0.15) is 0 Å². The molecule has 2 N–H and O–H groups in total. The Morgan fingerprint density at radius 1 is 1.04 bits per heavy atom. The zero-order valence-corrected chi connectivity index (χ0v) is 17.4. The molecule has 28 heavy (non-hydrogen) atoms.